The number of anilines is 2. The Kier molecular flexibility index (Phi) is 6.93. The van der Waals surface area contributed by atoms with Gasteiger partial charge in [-0.15, -0.1) is 0 Å². The summed E-state index contributed by atoms with van der Waals surface area (Å²) in [6.07, 6.45) is 2.22. The number of nitrogens with zero attached hydrogens (tertiary/aromatic N) is 2. The van der Waals surface area contributed by atoms with Crippen LogP contribution in [0, 0.1) is 0 Å². The van der Waals surface area contributed by atoms with E-state index in [1.165, 1.54) is 7.11 Å². The maximum atomic E-state index is 12.8. The Hall–Kier alpha value is -2.80. The van der Waals surface area contributed by atoms with Crippen molar-refractivity contribution in [3.63, 3.8) is 0 Å². The van der Waals surface area contributed by atoms with Gasteiger partial charge in [-0.05, 0) is 56.3 Å². The van der Waals surface area contributed by atoms with Crippen LogP contribution in [0.5, 0.6) is 0 Å². The Bertz CT molecular complexity index is 851. The van der Waals surface area contributed by atoms with Gasteiger partial charge in [-0.3, -0.25) is 9.69 Å². The van der Waals surface area contributed by atoms with Crippen LogP contribution in [0.1, 0.15) is 53.4 Å². The summed E-state index contributed by atoms with van der Waals surface area (Å²) in [5.41, 5.74) is 1.88. The average molecular weight is 399 g/mol. The maximum Gasteiger partial charge on any atom is 0.337 e. The fourth-order valence-corrected chi connectivity index (χ4v) is 3.55. The van der Waals surface area contributed by atoms with E-state index in [1.54, 1.807) is 18.2 Å². The third-order valence-electron chi connectivity index (χ3n) is 5.27. The molecule has 1 aliphatic rings. The summed E-state index contributed by atoms with van der Waals surface area (Å²) in [6.45, 7) is 8.53. The zero-order valence-corrected chi connectivity index (χ0v) is 17.4. The third kappa shape index (κ3) is 4.98. The lowest BCUT2D eigenvalue weighted by molar-refractivity contribution is 0.0600. The predicted molar refractivity (Wildman–Crippen MR) is 113 cm³/mol. The van der Waals surface area contributed by atoms with Gasteiger partial charge >= 0.3 is 5.97 Å². The lowest BCUT2D eigenvalue weighted by Crippen LogP contribution is -2.22. The SMILES string of the molecule is CCN(CC)Cc1ccc(C(=O)Nc2cc(C(=O)OC)ccc2N2CCCC2)o1. The molecule has 1 aromatic carbocycles. The summed E-state index contributed by atoms with van der Waals surface area (Å²) in [4.78, 5) is 29.2. The summed E-state index contributed by atoms with van der Waals surface area (Å²) >= 11 is 0. The summed E-state index contributed by atoms with van der Waals surface area (Å²) < 4.78 is 10.6. The van der Waals surface area contributed by atoms with Crippen molar-refractivity contribution in [1.82, 2.24) is 4.90 Å². The lowest BCUT2D eigenvalue weighted by Gasteiger charge is -2.22. The fraction of sp³-hybridized carbons (Fsp3) is 0.455. The van der Waals surface area contributed by atoms with E-state index in [-0.39, 0.29) is 11.7 Å². The Morgan fingerprint density at radius 2 is 1.86 bits per heavy atom. The fourth-order valence-electron chi connectivity index (χ4n) is 3.55. The summed E-state index contributed by atoms with van der Waals surface area (Å²) in [6, 6.07) is 8.77. The smallest absolute Gasteiger partial charge is 0.337 e. The van der Waals surface area contributed by atoms with Crippen LogP contribution in [0.15, 0.2) is 34.7 Å². The average Bonchev–Trinajstić information content (AvgIpc) is 3.43. The molecule has 2 heterocycles. The number of furan rings is 1. The lowest BCUT2D eigenvalue weighted by atomic mass is 10.1. The first-order valence-electron chi connectivity index (χ1n) is 10.2. The van der Waals surface area contributed by atoms with Crippen molar-refractivity contribution in [3.8, 4) is 0 Å². The molecular formula is C22H29N3O4. The second kappa shape index (κ2) is 9.60. The molecule has 0 spiro atoms. The zero-order valence-electron chi connectivity index (χ0n) is 17.4. The Labute approximate surface area is 171 Å². The Balaban J connectivity index is 1.81. The van der Waals surface area contributed by atoms with E-state index in [9.17, 15) is 9.59 Å². The monoisotopic (exact) mass is 399 g/mol. The van der Waals surface area contributed by atoms with Crippen molar-refractivity contribution in [1.29, 1.82) is 0 Å². The molecule has 1 amide bonds. The van der Waals surface area contributed by atoms with Crippen LogP contribution in [0.2, 0.25) is 0 Å². The van der Waals surface area contributed by atoms with E-state index in [1.807, 2.05) is 12.1 Å². The zero-order chi connectivity index (χ0) is 20.8. The summed E-state index contributed by atoms with van der Waals surface area (Å²) in [7, 11) is 1.34. The highest BCUT2D eigenvalue weighted by Crippen LogP contribution is 2.31. The van der Waals surface area contributed by atoms with Crippen LogP contribution in [0.4, 0.5) is 11.4 Å². The Morgan fingerprint density at radius 3 is 2.52 bits per heavy atom. The van der Waals surface area contributed by atoms with Gasteiger partial charge in [-0.25, -0.2) is 4.79 Å². The molecule has 3 rings (SSSR count). The molecule has 0 unspecified atom stereocenters. The molecule has 2 aromatic rings. The first kappa shape index (κ1) is 20.9. The molecule has 1 aliphatic heterocycles. The minimum atomic E-state index is -0.437. The molecule has 0 aliphatic carbocycles. The van der Waals surface area contributed by atoms with Crippen molar-refractivity contribution in [2.24, 2.45) is 0 Å². The van der Waals surface area contributed by atoms with Crippen molar-refractivity contribution in [2.45, 2.75) is 33.2 Å². The standard InChI is InChI=1S/C22H29N3O4/c1-4-24(5-2)15-17-9-11-20(29-17)21(26)23-18-14-16(22(27)28-3)8-10-19(18)25-12-6-7-13-25/h8-11,14H,4-7,12-13,15H2,1-3H3,(H,23,26). The van der Waals surface area contributed by atoms with Gasteiger partial charge in [0.1, 0.15) is 5.76 Å². The summed E-state index contributed by atoms with van der Waals surface area (Å²) in [5, 5.41) is 2.92. The second-order valence-corrected chi connectivity index (χ2v) is 7.10. The van der Waals surface area contributed by atoms with Crippen LogP contribution in [-0.2, 0) is 11.3 Å². The number of esters is 1. The van der Waals surface area contributed by atoms with Crippen LogP contribution in [0.25, 0.3) is 0 Å². The molecule has 1 saturated heterocycles. The van der Waals surface area contributed by atoms with Crippen molar-refractivity contribution in [3.05, 3.63) is 47.4 Å². The third-order valence-corrected chi connectivity index (χ3v) is 5.27. The van der Waals surface area contributed by atoms with Gasteiger partial charge in [0.2, 0.25) is 0 Å². The van der Waals surface area contributed by atoms with E-state index in [0.717, 1.165) is 50.5 Å². The number of amides is 1. The molecule has 0 atom stereocenters. The van der Waals surface area contributed by atoms with Crippen LogP contribution >= 0.6 is 0 Å². The number of methoxy groups -OCH3 is 1. The quantitative estimate of drug-likeness (QED) is 0.681. The molecule has 0 radical (unpaired) electrons. The molecule has 1 aromatic heterocycles. The maximum absolute atomic E-state index is 12.8. The van der Waals surface area contributed by atoms with Crippen molar-refractivity contribution >= 4 is 23.3 Å². The van der Waals surface area contributed by atoms with Crippen molar-refractivity contribution in [2.75, 3.05) is 43.5 Å². The normalized spacial score (nSPS) is 13.7. The van der Waals surface area contributed by atoms with Crippen LogP contribution in [0.3, 0.4) is 0 Å². The van der Waals surface area contributed by atoms with Crippen LogP contribution in [-0.4, -0.2) is 50.1 Å². The summed E-state index contributed by atoms with van der Waals surface area (Å²) in [5.74, 6) is 0.233. The molecule has 0 bridgehead atoms. The number of nitrogens with one attached hydrogen (secondary N) is 1. The second-order valence-electron chi connectivity index (χ2n) is 7.10. The largest absolute Gasteiger partial charge is 0.465 e. The molecule has 1 N–H and O–H groups in total. The minimum Gasteiger partial charge on any atom is -0.465 e. The molecule has 7 heteroatoms. The molecule has 29 heavy (non-hydrogen) atoms. The first-order chi connectivity index (χ1) is 14.0. The van der Waals surface area contributed by atoms with Gasteiger partial charge in [-0.2, -0.15) is 0 Å². The number of rotatable bonds is 8. The van der Waals surface area contributed by atoms with Gasteiger partial charge in [0, 0.05) is 13.1 Å². The van der Waals surface area contributed by atoms with Crippen molar-refractivity contribution < 1.29 is 18.7 Å². The highest BCUT2D eigenvalue weighted by Gasteiger charge is 2.21. The van der Waals surface area contributed by atoms with Gasteiger partial charge in [0.05, 0.1) is 30.6 Å². The van der Waals surface area contributed by atoms with Gasteiger partial charge < -0.3 is 19.4 Å². The molecule has 1 fully saturated rings. The molecular weight excluding hydrogens is 370 g/mol. The highest BCUT2D eigenvalue weighted by molar-refractivity contribution is 6.05. The number of carbonyl (C=O) groups excluding carboxylic acids is 2. The molecule has 156 valence electrons. The van der Waals surface area contributed by atoms with Gasteiger partial charge in [-0.1, -0.05) is 13.8 Å². The van der Waals surface area contributed by atoms with Gasteiger partial charge in [0.15, 0.2) is 5.76 Å². The topological polar surface area (TPSA) is 75.0 Å². The van der Waals surface area contributed by atoms with E-state index < -0.39 is 5.97 Å². The molecule has 7 nitrogen and oxygen atoms in total. The van der Waals surface area contributed by atoms with E-state index in [4.69, 9.17) is 9.15 Å². The number of benzene rings is 1. The molecule has 0 saturated carbocycles. The number of ether oxygens (including phenoxy) is 1. The first-order valence-corrected chi connectivity index (χ1v) is 10.2. The Morgan fingerprint density at radius 1 is 1.14 bits per heavy atom. The predicted octanol–water partition coefficient (Wildman–Crippen LogP) is 3.76. The van der Waals surface area contributed by atoms with E-state index in [2.05, 4.69) is 29.0 Å². The van der Waals surface area contributed by atoms with Crippen LogP contribution < -0.4 is 10.2 Å². The van der Waals surface area contributed by atoms with Gasteiger partial charge in [0.25, 0.3) is 5.91 Å². The van der Waals surface area contributed by atoms with E-state index >= 15 is 0 Å². The van der Waals surface area contributed by atoms with E-state index in [0.29, 0.717) is 17.8 Å². The number of carbonyl (C=O) groups is 2. The minimum absolute atomic E-state index is 0.253. The number of hydrogen-bond acceptors (Lipinski definition) is 6. The highest BCUT2D eigenvalue weighted by atomic mass is 16.5. The number of hydrogen-bond donors (Lipinski definition) is 1.